The van der Waals surface area contributed by atoms with Gasteiger partial charge >= 0.3 is 0 Å². The molecular weight excluding hydrogens is 274 g/mol. The zero-order chi connectivity index (χ0) is 15.5. The summed E-state index contributed by atoms with van der Waals surface area (Å²) in [7, 11) is 0. The van der Waals surface area contributed by atoms with E-state index in [0.717, 1.165) is 12.8 Å². The third-order valence-electron chi connectivity index (χ3n) is 4.05. The monoisotopic (exact) mass is 291 g/mol. The van der Waals surface area contributed by atoms with Gasteiger partial charge in [-0.2, -0.15) is 5.26 Å². The number of aryl methyl sites for hydroxylation is 2. The van der Waals surface area contributed by atoms with Gasteiger partial charge in [-0.1, -0.05) is 12.1 Å². The van der Waals surface area contributed by atoms with Crippen LogP contribution in [0.2, 0.25) is 0 Å². The molecule has 0 aliphatic heterocycles. The Balaban J connectivity index is 1.72. The molecule has 2 aromatic rings. The summed E-state index contributed by atoms with van der Waals surface area (Å²) in [6.07, 6.45) is 2.79. The molecule has 0 bridgehead atoms. The third-order valence-corrected chi connectivity index (χ3v) is 4.05. The summed E-state index contributed by atoms with van der Waals surface area (Å²) in [6.45, 7) is 1.76. The zero-order valence-corrected chi connectivity index (χ0v) is 12.5. The molecule has 0 heterocycles. The summed E-state index contributed by atoms with van der Waals surface area (Å²) in [5.74, 6) is 0.583. The summed E-state index contributed by atoms with van der Waals surface area (Å²) in [6, 6.07) is 14.8. The molecule has 0 saturated carbocycles. The van der Waals surface area contributed by atoms with Gasteiger partial charge in [-0.25, -0.2) is 0 Å². The highest BCUT2D eigenvalue weighted by atomic mass is 16.5. The summed E-state index contributed by atoms with van der Waals surface area (Å²) in [4.78, 5) is 12.5. The molecule has 0 aromatic heterocycles. The smallest absolute Gasteiger partial charge is 0.203 e. The number of carbonyl (C=O) groups excluding carboxylic acids is 1. The Bertz CT molecular complexity index is 741. The molecule has 3 rings (SSSR count). The van der Waals surface area contributed by atoms with Gasteiger partial charge in [0.25, 0.3) is 0 Å². The predicted octanol–water partition coefficient (Wildman–Crippen LogP) is 3.70. The second kappa shape index (κ2) is 6.03. The topological polar surface area (TPSA) is 50.1 Å². The molecule has 2 aromatic carbocycles. The third kappa shape index (κ3) is 2.87. The molecule has 3 nitrogen and oxygen atoms in total. The van der Waals surface area contributed by atoms with Crippen molar-refractivity contribution in [2.45, 2.75) is 32.3 Å². The number of hydrogen-bond donors (Lipinski definition) is 0. The van der Waals surface area contributed by atoms with Crippen molar-refractivity contribution in [3.63, 3.8) is 0 Å². The van der Waals surface area contributed by atoms with Gasteiger partial charge in [0, 0.05) is 5.56 Å². The van der Waals surface area contributed by atoms with E-state index in [0.29, 0.717) is 16.9 Å². The van der Waals surface area contributed by atoms with Crippen LogP contribution in [-0.4, -0.2) is 11.9 Å². The first-order chi connectivity index (χ1) is 10.7. The molecule has 0 unspecified atom stereocenters. The van der Waals surface area contributed by atoms with E-state index in [9.17, 15) is 4.79 Å². The Labute approximate surface area is 130 Å². The number of fused-ring (bicyclic) bond motifs is 1. The van der Waals surface area contributed by atoms with E-state index in [1.165, 1.54) is 17.5 Å². The van der Waals surface area contributed by atoms with Crippen molar-refractivity contribution in [2.24, 2.45) is 0 Å². The first-order valence-electron chi connectivity index (χ1n) is 7.50. The predicted molar refractivity (Wildman–Crippen MR) is 84.0 cm³/mol. The van der Waals surface area contributed by atoms with Gasteiger partial charge in [0.1, 0.15) is 5.75 Å². The van der Waals surface area contributed by atoms with Gasteiger partial charge in [0.15, 0.2) is 6.10 Å². The minimum absolute atomic E-state index is 0.0148. The second-order valence-electron chi connectivity index (χ2n) is 5.60. The van der Waals surface area contributed by atoms with E-state index >= 15 is 0 Å². The molecule has 0 N–H and O–H groups in total. The number of rotatable bonds is 4. The normalized spacial score (nSPS) is 14.0. The number of carbonyl (C=O) groups is 1. The van der Waals surface area contributed by atoms with Crippen LogP contribution in [0.15, 0.2) is 42.5 Å². The maximum Gasteiger partial charge on any atom is 0.203 e. The summed E-state index contributed by atoms with van der Waals surface area (Å²) < 4.78 is 5.69. The molecule has 3 heteroatoms. The van der Waals surface area contributed by atoms with E-state index in [2.05, 4.69) is 12.1 Å². The van der Waals surface area contributed by atoms with E-state index in [-0.39, 0.29) is 5.78 Å². The highest BCUT2D eigenvalue weighted by Gasteiger charge is 2.19. The zero-order valence-electron chi connectivity index (χ0n) is 12.5. The lowest BCUT2D eigenvalue weighted by Crippen LogP contribution is -2.24. The molecule has 0 radical (unpaired) electrons. The average Bonchev–Trinajstić information content (AvgIpc) is 3.02. The maximum atomic E-state index is 12.5. The van der Waals surface area contributed by atoms with Gasteiger partial charge < -0.3 is 4.74 Å². The summed E-state index contributed by atoms with van der Waals surface area (Å²) >= 11 is 0. The van der Waals surface area contributed by atoms with Crippen molar-refractivity contribution >= 4 is 5.78 Å². The fourth-order valence-electron chi connectivity index (χ4n) is 2.83. The second-order valence-corrected chi connectivity index (χ2v) is 5.60. The van der Waals surface area contributed by atoms with Crippen LogP contribution in [0.3, 0.4) is 0 Å². The van der Waals surface area contributed by atoms with Crippen molar-refractivity contribution in [1.29, 1.82) is 5.26 Å². The lowest BCUT2D eigenvalue weighted by molar-refractivity contribution is 0.0818. The molecule has 0 spiro atoms. The summed E-state index contributed by atoms with van der Waals surface area (Å²) in [5, 5.41) is 8.78. The molecule has 0 saturated heterocycles. The number of nitriles is 1. The lowest BCUT2D eigenvalue weighted by atomic mass is 10.0. The van der Waals surface area contributed by atoms with Crippen molar-refractivity contribution in [3.05, 3.63) is 64.7 Å². The van der Waals surface area contributed by atoms with Crippen molar-refractivity contribution in [1.82, 2.24) is 0 Å². The Morgan fingerprint density at radius 1 is 1.14 bits per heavy atom. The van der Waals surface area contributed by atoms with Gasteiger partial charge in [-0.05, 0) is 67.6 Å². The van der Waals surface area contributed by atoms with Crippen LogP contribution in [0.1, 0.15) is 40.4 Å². The van der Waals surface area contributed by atoms with Gasteiger partial charge in [-0.3, -0.25) is 4.79 Å². The molecule has 1 aliphatic rings. The van der Waals surface area contributed by atoms with E-state index in [1.54, 1.807) is 31.2 Å². The SMILES string of the molecule is C[C@H](Oc1ccc(C#N)cc1)C(=O)c1ccc2c(c1)CCC2. The molecule has 0 fully saturated rings. The Morgan fingerprint density at radius 3 is 2.59 bits per heavy atom. The first kappa shape index (κ1) is 14.3. The van der Waals surface area contributed by atoms with Crippen LogP contribution in [0, 0.1) is 11.3 Å². The van der Waals surface area contributed by atoms with Gasteiger partial charge in [-0.15, -0.1) is 0 Å². The van der Waals surface area contributed by atoms with Crippen LogP contribution >= 0.6 is 0 Å². The number of benzene rings is 2. The molecule has 110 valence electrons. The Kier molecular flexibility index (Phi) is 3.93. The van der Waals surface area contributed by atoms with Crippen LogP contribution in [-0.2, 0) is 12.8 Å². The van der Waals surface area contributed by atoms with E-state index in [1.807, 2.05) is 12.1 Å². The Morgan fingerprint density at radius 2 is 1.86 bits per heavy atom. The largest absolute Gasteiger partial charge is 0.483 e. The van der Waals surface area contributed by atoms with Crippen molar-refractivity contribution in [3.8, 4) is 11.8 Å². The Hall–Kier alpha value is -2.60. The maximum absolute atomic E-state index is 12.5. The standard InChI is InChI=1S/C19H17NO2/c1-13(22-18-9-5-14(12-20)6-10-18)19(21)17-8-7-15-3-2-4-16(15)11-17/h5-11,13H,2-4H2,1H3/t13-/m0/s1. The van der Waals surface area contributed by atoms with Gasteiger partial charge in [0.2, 0.25) is 5.78 Å². The molecule has 22 heavy (non-hydrogen) atoms. The van der Waals surface area contributed by atoms with Crippen molar-refractivity contribution < 1.29 is 9.53 Å². The van der Waals surface area contributed by atoms with Crippen LogP contribution < -0.4 is 4.74 Å². The number of Topliss-reactive ketones (excluding diaryl/α,β-unsaturated/α-hetero) is 1. The van der Waals surface area contributed by atoms with Gasteiger partial charge in [0.05, 0.1) is 11.6 Å². The lowest BCUT2D eigenvalue weighted by Gasteiger charge is -2.14. The van der Waals surface area contributed by atoms with E-state index in [4.69, 9.17) is 10.00 Å². The van der Waals surface area contributed by atoms with Crippen LogP contribution in [0.25, 0.3) is 0 Å². The molecule has 1 atom stereocenters. The number of ether oxygens (including phenoxy) is 1. The minimum Gasteiger partial charge on any atom is -0.483 e. The van der Waals surface area contributed by atoms with Crippen LogP contribution in [0.4, 0.5) is 0 Å². The quantitative estimate of drug-likeness (QED) is 0.807. The number of nitrogens with zero attached hydrogens (tertiary/aromatic N) is 1. The van der Waals surface area contributed by atoms with Crippen LogP contribution in [0.5, 0.6) is 5.75 Å². The number of hydrogen-bond acceptors (Lipinski definition) is 3. The molecular formula is C19H17NO2. The fourth-order valence-corrected chi connectivity index (χ4v) is 2.83. The summed E-state index contributed by atoms with van der Waals surface area (Å²) in [5.41, 5.74) is 3.93. The highest BCUT2D eigenvalue weighted by Crippen LogP contribution is 2.24. The highest BCUT2D eigenvalue weighted by molar-refractivity contribution is 5.99. The van der Waals surface area contributed by atoms with E-state index < -0.39 is 6.10 Å². The van der Waals surface area contributed by atoms with Crippen molar-refractivity contribution in [2.75, 3.05) is 0 Å². The number of ketones is 1. The molecule has 1 aliphatic carbocycles. The fraction of sp³-hybridized carbons (Fsp3) is 0.263. The average molecular weight is 291 g/mol. The minimum atomic E-state index is -0.549. The first-order valence-corrected chi connectivity index (χ1v) is 7.50. The molecule has 0 amide bonds.